The lowest BCUT2D eigenvalue weighted by molar-refractivity contribution is -0.111. The molecule has 1 aliphatic heterocycles. The molecule has 2 aromatic rings. The molecule has 2 atom stereocenters. The third-order valence-electron chi connectivity index (χ3n) is 4.86. The van der Waals surface area contributed by atoms with Crippen LogP contribution in [0.25, 0.3) is 5.70 Å². The zero-order chi connectivity index (χ0) is 22.5. The van der Waals surface area contributed by atoms with Crippen LogP contribution in [0.2, 0.25) is 0 Å². The highest BCUT2D eigenvalue weighted by Crippen LogP contribution is 2.22. The number of piperidine rings is 1. The van der Waals surface area contributed by atoms with Crippen molar-refractivity contribution in [2.24, 2.45) is 10.7 Å². The minimum atomic E-state index is -1.03. The van der Waals surface area contributed by atoms with Crippen LogP contribution in [-0.2, 0) is 11.3 Å². The van der Waals surface area contributed by atoms with Gasteiger partial charge in [-0.2, -0.15) is 0 Å². The van der Waals surface area contributed by atoms with E-state index >= 15 is 0 Å². The Balaban J connectivity index is 1.86. The average molecular weight is 431 g/mol. The number of aromatic nitrogens is 2. The quantitative estimate of drug-likeness (QED) is 0.587. The van der Waals surface area contributed by atoms with E-state index in [1.165, 1.54) is 24.0 Å². The third-order valence-corrected chi connectivity index (χ3v) is 4.86. The van der Waals surface area contributed by atoms with Gasteiger partial charge in [0.05, 0.1) is 30.6 Å². The number of nitrogens with zero attached hydrogens (tertiary/aromatic N) is 4. The number of benzene rings is 1. The summed E-state index contributed by atoms with van der Waals surface area (Å²) in [5, 5.41) is 19.5. The Morgan fingerprint density at radius 3 is 2.71 bits per heavy atom. The number of aliphatic hydroxyl groups is 2. The van der Waals surface area contributed by atoms with Crippen LogP contribution in [0.3, 0.4) is 0 Å². The van der Waals surface area contributed by atoms with E-state index in [2.05, 4.69) is 15.0 Å². The zero-order valence-corrected chi connectivity index (χ0v) is 16.9. The van der Waals surface area contributed by atoms with Gasteiger partial charge < -0.3 is 20.8 Å². The molecule has 0 saturated carbocycles. The van der Waals surface area contributed by atoms with Gasteiger partial charge in [0.1, 0.15) is 11.5 Å². The molecule has 1 aliphatic rings. The number of aliphatic hydroxyl groups excluding tert-OH is 2. The Hall–Kier alpha value is -3.24. The topological polar surface area (TPSA) is 125 Å². The summed E-state index contributed by atoms with van der Waals surface area (Å²) in [6, 6.07) is 6.07. The molecule has 0 radical (unpaired) electrons. The van der Waals surface area contributed by atoms with Gasteiger partial charge in [-0.1, -0.05) is 18.2 Å². The number of halogens is 2. The fraction of sp³-hybridized carbons (Fsp3) is 0.333. The van der Waals surface area contributed by atoms with Gasteiger partial charge in [0.2, 0.25) is 0 Å². The number of aliphatic imine (C=N–C) groups is 1. The van der Waals surface area contributed by atoms with Gasteiger partial charge in [0.25, 0.3) is 0 Å². The number of β-amino-alcohol motifs (C(OH)–C–C–N with tert-alkyl or cyclic N) is 1. The summed E-state index contributed by atoms with van der Waals surface area (Å²) in [5.74, 6) is -1.64. The van der Waals surface area contributed by atoms with Gasteiger partial charge in [0, 0.05) is 25.6 Å². The van der Waals surface area contributed by atoms with Gasteiger partial charge in [-0.25, -0.2) is 18.7 Å². The number of hydrogen-bond acceptors (Lipinski definition) is 8. The molecular formula is C21H23F2N5O3. The maximum Gasteiger partial charge on any atom is 0.183 e. The SMILES string of the molecule is CC(=O)C(C=C(N)c1ncc(F)c(N2CC[C@H](O)[C@H](O)C2)n1)=NCc1ccccc1F. The maximum atomic E-state index is 14.3. The minimum absolute atomic E-state index is 0.000945. The number of carbonyl (C=O) groups excluding carboxylic acids is 1. The molecule has 1 aromatic heterocycles. The highest BCUT2D eigenvalue weighted by atomic mass is 19.1. The summed E-state index contributed by atoms with van der Waals surface area (Å²) in [7, 11) is 0. The van der Waals surface area contributed by atoms with Crippen molar-refractivity contribution in [2.45, 2.75) is 32.1 Å². The first-order valence-corrected chi connectivity index (χ1v) is 9.66. The number of anilines is 1. The Kier molecular flexibility index (Phi) is 7.03. The Bertz CT molecular complexity index is 1030. The molecule has 0 unspecified atom stereocenters. The van der Waals surface area contributed by atoms with Crippen molar-refractivity contribution in [3.05, 3.63) is 59.6 Å². The Morgan fingerprint density at radius 2 is 2.03 bits per heavy atom. The first-order chi connectivity index (χ1) is 14.8. The fourth-order valence-corrected chi connectivity index (χ4v) is 3.10. The zero-order valence-electron chi connectivity index (χ0n) is 16.9. The number of ketones is 1. The van der Waals surface area contributed by atoms with Crippen molar-refractivity contribution < 1.29 is 23.8 Å². The van der Waals surface area contributed by atoms with Crippen molar-refractivity contribution in [2.75, 3.05) is 18.0 Å². The van der Waals surface area contributed by atoms with Crippen LogP contribution in [0.4, 0.5) is 14.6 Å². The smallest absolute Gasteiger partial charge is 0.183 e. The molecule has 4 N–H and O–H groups in total. The van der Waals surface area contributed by atoms with Gasteiger partial charge in [-0.3, -0.25) is 9.79 Å². The van der Waals surface area contributed by atoms with Crippen LogP contribution < -0.4 is 10.6 Å². The van der Waals surface area contributed by atoms with Crippen molar-refractivity contribution in [3.8, 4) is 0 Å². The van der Waals surface area contributed by atoms with E-state index in [-0.39, 0.29) is 49.1 Å². The Labute approximate surface area is 177 Å². The monoisotopic (exact) mass is 431 g/mol. The van der Waals surface area contributed by atoms with Crippen LogP contribution in [0, 0.1) is 11.6 Å². The maximum absolute atomic E-state index is 14.3. The molecular weight excluding hydrogens is 408 g/mol. The summed E-state index contributed by atoms with van der Waals surface area (Å²) in [6.07, 6.45) is 0.542. The van der Waals surface area contributed by atoms with Crippen LogP contribution in [0.1, 0.15) is 24.7 Å². The summed E-state index contributed by atoms with van der Waals surface area (Å²) in [6.45, 7) is 1.52. The van der Waals surface area contributed by atoms with Gasteiger partial charge >= 0.3 is 0 Å². The first-order valence-electron chi connectivity index (χ1n) is 9.66. The van der Waals surface area contributed by atoms with E-state index in [1.54, 1.807) is 18.2 Å². The first kappa shape index (κ1) is 22.4. The summed E-state index contributed by atoms with van der Waals surface area (Å²) in [5.41, 5.74) is 6.31. The normalized spacial score (nSPS) is 20.1. The number of rotatable bonds is 6. The molecule has 0 amide bonds. The number of hydrogen-bond donors (Lipinski definition) is 3. The van der Waals surface area contributed by atoms with Crippen LogP contribution in [0.5, 0.6) is 0 Å². The van der Waals surface area contributed by atoms with Gasteiger partial charge in [-0.05, 0) is 18.6 Å². The highest BCUT2D eigenvalue weighted by Gasteiger charge is 2.28. The molecule has 31 heavy (non-hydrogen) atoms. The predicted octanol–water partition coefficient (Wildman–Crippen LogP) is 1.22. The minimum Gasteiger partial charge on any atom is -0.396 e. The van der Waals surface area contributed by atoms with E-state index in [0.29, 0.717) is 5.56 Å². The molecule has 2 heterocycles. The predicted molar refractivity (Wildman–Crippen MR) is 111 cm³/mol. The summed E-state index contributed by atoms with van der Waals surface area (Å²) < 4.78 is 28.1. The second kappa shape index (κ2) is 9.71. The Morgan fingerprint density at radius 1 is 1.29 bits per heavy atom. The lowest BCUT2D eigenvalue weighted by Gasteiger charge is -2.34. The molecule has 0 aliphatic carbocycles. The van der Waals surface area contributed by atoms with E-state index in [9.17, 15) is 23.8 Å². The number of carbonyl (C=O) groups is 1. The molecule has 3 rings (SSSR count). The standard InChI is InChI=1S/C21H23F2N5O3/c1-12(29)17(25-9-13-4-2-3-5-14(13)22)8-16(24)20-26-10-15(23)21(27-20)28-7-6-18(30)19(31)11-28/h2-5,8,10,18-19,30-31H,6-7,9,11,24H2,1H3/t18-,19+/m0/s1. The third kappa shape index (κ3) is 5.47. The largest absolute Gasteiger partial charge is 0.396 e. The van der Waals surface area contributed by atoms with Crippen molar-refractivity contribution >= 4 is 23.0 Å². The molecule has 0 bridgehead atoms. The second-order valence-corrected chi connectivity index (χ2v) is 7.18. The molecule has 0 spiro atoms. The van der Waals surface area contributed by atoms with E-state index in [4.69, 9.17) is 5.73 Å². The molecule has 8 nitrogen and oxygen atoms in total. The van der Waals surface area contributed by atoms with E-state index in [1.807, 2.05) is 0 Å². The molecule has 1 saturated heterocycles. The van der Waals surface area contributed by atoms with Crippen molar-refractivity contribution in [3.63, 3.8) is 0 Å². The lowest BCUT2D eigenvalue weighted by atomic mass is 10.1. The second-order valence-electron chi connectivity index (χ2n) is 7.18. The van der Waals surface area contributed by atoms with Crippen molar-refractivity contribution in [1.82, 2.24) is 9.97 Å². The number of allylic oxidation sites excluding steroid dienone is 1. The van der Waals surface area contributed by atoms with Crippen LogP contribution >= 0.6 is 0 Å². The summed E-state index contributed by atoms with van der Waals surface area (Å²) in [4.78, 5) is 25.6. The summed E-state index contributed by atoms with van der Waals surface area (Å²) >= 11 is 0. The van der Waals surface area contributed by atoms with Gasteiger partial charge in [-0.15, -0.1) is 0 Å². The fourth-order valence-electron chi connectivity index (χ4n) is 3.10. The van der Waals surface area contributed by atoms with Crippen LogP contribution in [0.15, 0.2) is 41.5 Å². The molecule has 164 valence electrons. The number of nitrogens with two attached hydrogens (primary N) is 1. The van der Waals surface area contributed by atoms with Crippen molar-refractivity contribution in [1.29, 1.82) is 0 Å². The molecule has 10 heteroatoms. The molecule has 1 aromatic carbocycles. The lowest BCUT2D eigenvalue weighted by Crippen LogP contribution is -2.47. The van der Waals surface area contributed by atoms with Crippen LogP contribution in [-0.4, -0.2) is 57.0 Å². The van der Waals surface area contributed by atoms with E-state index < -0.39 is 29.6 Å². The highest BCUT2D eigenvalue weighted by molar-refractivity contribution is 6.44. The van der Waals surface area contributed by atoms with Gasteiger partial charge in [0.15, 0.2) is 23.2 Å². The average Bonchev–Trinajstić information content (AvgIpc) is 2.74. The van der Waals surface area contributed by atoms with E-state index in [0.717, 1.165) is 6.20 Å². The number of Topliss-reactive ketones (excluding diaryl/α,β-unsaturated/α-hetero) is 1. The molecule has 1 fully saturated rings.